The van der Waals surface area contributed by atoms with Gasteiger partial charge in [-0.15, -0.1) is 0 Å². The van der Waals surface area contributed by atoms with Crippen LogP contribution in [-0.2, 0) is 0 Å². The van der Waals surface area contributed by atoms with Crippen LogP contribution in [0.25, 0.3) is 0 Å². The molecule has 136 valence electrons. The van der Waals surface area contributed by atoms with Crippen molar-refractivity contribution in [2.45, 2.75) is 0 Å². The van der Waals surface area contributed by atoms with Gasteiger partial charge in [0, 0.05) is 0 Å². The molecule has 0 aliphatic heterocycles. The number of halogens is 2. The fraction of sp³-hybridized carbons (Fsp3) is 0. The minimum absolute atomic E-state index is 0.164. The van der Waals surface area contributed by atoms with Crippen LogP contribution in [-0.4, -0.2) is 18.1 Å². The van der Waals surface area contributed by atoms with E-state index in [9.17, 15) is 9.59 Å². The number of benzene rings is 2. The topological polar surface area (TPSA) is 80.9 Å². The molecule has 3 aromatic rings. The molecule has 0 aliphatic rings. The van der Waals surface area contributed by atoms with Crippen LogP contribution in [0.15, 0.2) is 70.4 Å². The summed E-state index contributed by atoms with van der Waals surface area (Å²) in [4.78, 5) is 23.8. The van der Waals surface area contributed by atoms with Crippen molar-refractivity contribution in [2.75, 3.05) is 0 Å². The van der Waals surface area contributed by atoms with Gasteiger partial charge in [-0.05, 0) is 60.2 Å². The maximum Gasteiger partial charge on any atom is 0.343 e. The first-order valence-corrected chi connectivity index (χ1v) is 8.43. The summed E-state index contributed by atoms with van der Waals surface area (Å²) in [5, 5.41) is 4.46. The van der Waals surface area contributed by atoms with E-state index in [-0.39, 0.29) is 16.3 Å². The third-order valence-corrected chi connectivity index (χ3v) is 4.11. The van der Waals surface area contributed by atoms with Crippen LogP contribution in [0.4, 0.5) is 0 Å². The lowest BCUT2D eigenvalue weighted by Crippen LogP contribution is -2.16. The Morgan fingerprint density at radius 3 is 2.48 bits per heavy atom. The van der Waals surface area contributed by atoms with Crippen molar-refractivity contribution in [3.8, 4) is 5.75 Å². The first-order valence-electron chi connectivity index (χ1n) is 7.67. The van der Waals surface area contributed by atoms with Crippen LogP contribution in [0.5, 0.6) is 5.75 Å². The molecule has 1 N–H and O–H groups in total. The van der Waals surface area contributed by atoms with Crippen molar-refractivity contribution in [1.29, 1.82) is 0 Å². The predicted molar refractivity (Wildman–Crippen MR) is 102 cm³/mol. The number of hydrogen-bond acceptors (Lipinski definition) is 5. The maximum atomic E-state index is 12.1. The largest absolute Gasteiger partial charge is 0.459 e. The van der Waals surface area contributed by atoms with Gasteiger partial charge >= 0.3 is 11.9 Å². The number of nitrogens with one attached hydrogen (secondary N) is 1. The van der Waals surface area contributed by atoms with E-state index in [1.807, 2.05) is 0 Å². The molecule has 1 aromatic heterocycles. The predicted octanol–water partition coefficient (Wildman–Crippen LogP) is 4.57. The molecule has 2 aromatic carbocycles. The molecule has 0 radical (unpaired) electrons. The summed E-state index contributed by atoms with van der Waals surface area (Å²) >= 11 is 11.7. The Morgan fingerprint density at radius 2 is 1.81 bits per heavy atom. The van der Waals surface area contributed by atoms with Gasteiger partial charge in [-0.3, -0.25) is 4.79 Å². The van der Waals surface area contributed by atoms with E-state index in [1.54, 1.807) is 30.3 Å². The molecule has 1 amide bonds. The van der Waals surface area contributed by atoms with E-state index in [1.165, 1.54) is 36.7 Å². The van der Waals surface area contributed by atoms with E-state index in [0.717, 1.165) is 0 Å². The van der Waals surface area contributed by atoms with Crippen LogP contribution < -0.4 is 10.2 Å². The molecule has 27 heavy (non-hydrogen) atoms. The Hall–Kier alpha value is -3.09. The van der Waals surface area contributed by atoms with Crippen LogP contribution in [0.2, 0.25) is 10.0 Å². The number of ether oxygens (including phenoxy) is 1. The SMILES string of the molecule is O=C(Oc1ccc(/C=N\NC(=O)c2ccco2)cc1)c1ccc(Cl)c(Cl)c1. The van der Waals surface area contributed by atoms with Crippen molar-refractivity contribution in [2.24, 2.45) is 5.10 Å². The van der Waals surface area contributed by atoms with Gasteiger partial charge in [0.1, 0.15) is 5.75 Å². The van der Waals surface area contributed by atoms with E-state index in [0.29, 0.717) is 16.3 Å². The van der Waals surface area contributed by atoms with Crippen LogP contribution >= 0.6 is 23.2 Å². The number of esters is 1. The second kappa shape index (κ2) is 8.53. The van der Waals surface area contributed by atoms with Gasteiger partial charge in [0.25, 0.3) is 0 Å². The second-order valence-corrected chi connectivity index (χ2v) is 6.08. The molecular formula is C19H12Cl2N2O4. The standard InChI is InChI=1S/C19H12Cl2N2O4/c20-15-8-5-13(10-16(15)21)19(25)27-14-6-3-12(4-7-14)11-22-23-18(24)17-2-1-9-26-17/h1-11H,(H,23,24)/b22-11-. The Morgan fingerprint density at radius 1 is 1.04 bits per heavy atom. The zero-order valence-electron chi connectivity index (χ0n) is 13.7. The zero-order valence-corrected chi connectivity index (χ0v) is 15.2. The van der Waals surface area contributed by atoms with E-state index < -0.39 is 11.9 Å². The fourth-order valence-electron chi connectivity index (χ4n) is 2.04. The Bertz CT molecular complexity index is 983. The lowest BCUT2D eigenvalue weighted by molar-refractivity contribution is 0.0734. The first-order chi connectivity index (χ1) is 13.0. The minimum atomic E-state index is -0.555. The molecule has 0 fully saturated rings. The van der Waals surface area contributed by atoms with Crippen molar-refractivity contribution in [1.82, 2.24) is 5.43 Å². The number of amides is 1. The molecular weight excluding hydrogens is 391 g/mol. The molecule has 1 heterocycles. The lowest BCUT2D eigenvalue weighted by Gasteiger charge is -2.05. The van der Waals surface area contributed by atoms with E-state index >= 15 is 0 Å². The molecule has 6 nitrogen and oxygen atoms in total. The maximum absolute atomic E-state index is 12.1. The van der Waals surface area contributed by atoms with Gasteiger partial charge in [0.05, 0.1) is 28.1 Å². The second-order valence-electron chi connectivity index (χ2n) is 5.26. The Balaban J connectivity index is 1.58. The third kappa shape index (κ3) is 4.97. The van der Waals surface area contributed by atoms with Gasteiger partial charge in [-0.2, -0.15) is 5.10 Å². The van der Waals surface area contributed by atoms with E-state index in [4.69, 9.17) is 32.4 Å². The van der Waals surface area contributed by atoms with Crippen molar-refractivity contribution in [3.63, 3.8) is 0 Å². The molecule has 3 rings (SSSR count). The lowest BCUT2D eigenvalue weighted by atomic mass is 10.2. The molecule has 0 bridgehead atoms. The molecule has 0 aliphatic carbocycles. The van der Waals surface area contributed by atoms with Crippen molar-refractivity contribution < 1.29 is 18.7 Å². The number of carbonyl (C=O) groups is 2. The van der Waals surface area contributed by atoms with Gasteiger partial charge in [-0.1, -0.05) is 23.2 Å². The van der Waals surface area contributed by atoms with Crippen LogP contribution in [0.1, 0.15) is 26.5 Å². The van der Waals surface area contributed by atoms with Gasteiger partial charge in [0.2, 0.25) is 0 Å². The zero-order chi connectivity index (χ0) is 19.2. The van der Waals surface area contributed by atoms with Crippen molar-refractivity contribution in [3.05, 3.63) is 87.8 Å². The smallest absolute Gasteiger partial charge is 0.343 e. The molecule has 0 spiro atoms. The average Bonchev–Trinajstić information content (AvgIpc) is 3.20. The third-order valence-electron chi connectivity index (χ3n) is 3.37. The molecule has 8 heteroatoms. The number of carbonyl (C=O) groups excluding carboxylic acids is 2. The normalized spacial score (nSPS) is 10.7. The summed E-state index contributed by atoms with van der Waals surface area (Å²) in [5.41, 5.74) is 3.33. The minimum Gasteiger partial charge on any atom is -0.459 e. The molecule has 0 saturated heterocycles. The Kier molecular flexibility index (Phi) is 5.90. The highest BCUT2D eigenvalue weighted by atomic mass is 35.5. The summed E-state index contributed by atoms with van der Waals surface area (Å²) in [6.07, 6.45) is 2.85. The quantitative estimate of drug-likeness (QED) is 0.293. The molecule has 0 atom stereocenters. The fourth-order valence-corrected chi connectivity index (χ4v) is 2.34. The average molecular weight is 403 g/mol. The summed E-state index contributed by atoms with van der Waals surface area (Å²) < 4.78 is 10.2. The van der Waals surface area contributed by atoms with Crippen LogP contribution in [0.3, 0.4) is 0 Å². The highest BCUT2D eigenvalue weighted by Crippen LogP contribution is 2.23. The van der Waals surface area contributed by atoms with Gasteiger partial charge < -0.3 is 9.15 Å². The number of furan rings is 1. The number of nitrogens with zero attached hydrogens (tertiary/aromatic N) is 1. The van der Waals surface area contributed by atoms with Crippen molar-refractivity contribution >= 4 is 41.3 Å². The summed E-state index contributed by atoms with van der Waals surface area (Å²) in [7, 11) is 0. The summed E-state index contributed by atoms with van der Waals surface area (Å²) in [6, 6.07) is 14.2. The number of rotatable bonds is 5. The molecule has 0 saturated carbocycles. The Labute approximate surface area is 164 Å². The van der Waals surface area contributed by atoms with E-state index in [2.05, 4.69) is 10.5 Å². The molecule has 0 unspecified atom stereocenters. The highest BCUT2D eigenvalue weighted by Gasteiger charge is 2.11. The summed E-state index contributed by atoms with van der Waals surface area (Å²) in [6.45, 7) is 0. The number of hydrazone groups is 1. The highest BCUT2D eigenvalue weighted by molar-refractivity contribution is 6.42. The first kappa shape index (κ1) is 18.7. The van der Waals surface area contributed by atoms with Crippen LogP contribution in [0, 0.1) is 0 Å². The number of hydrogen-bond donors (Lipinski definition) is 1. The summed E-state index contributed by atoms with van der Waals surface area (Å²) in [5.74, 6) is -0.497. The van der Waals surface area contributed by atoms with Gasteiger partial charge in [0.15, 0.2) is 5.76 Å². The monoisotopic (exact) mass is 402 g/mol. The van der Waals surface area contributed by atoms with Gasteiger partial charge in [-0.25, -0.2) is 10.2 Å².